The van der Waals surface area contributed by atoms with E-state index in [0.717, 1.165) is 6.42 Å². The molecule has 0 spiro atoms. The first-order valence-electron chi connectivity index (χ1n) is 6.48. The third-order valence-electron chi connectivity index (χ3n) is 4.06. The Morgan fingerprint density at radius 1 is 1.17 bits per heavy atom. The fourth-order valence-corrected chi connectivity index (χ4v) is 2.58. The predicted molar refractivity (Wildman–Crippen MR) is 72.4 cm³/mol. The number of hydrogen-bond donors (Lipinski definition) is 0. The number of ether oxygens (including phenoxy) is 1. The Morgan fingerprint density at radius 2 is 1.72 bits per heavy atom. The van der Waals surface area contributed by atoms with E-state index in [0.29, 0.717) is 0 Å². The van der Waals surface area contributed by atoms with Crippen LogP contribution in [0.25, 0.3) is 0 Å². The average Bonchev–Trinajstić information content (AvgIpc) is 2.84. The summed E-state index contributed by atoms with van der Waals surface area (Å²) in [6, 6.07) is 10.2. The number of rotatable bonds is 2. The quantitative estimate of drug-likeness (QED) is 0.744. The van der Waals surface area contributed by atoms with Gasteiger partial charge in [-0.25, -0.2) is 0 Å². The largest absolute Gasteiger partial charge is 0.460 e. The summed E-state index contributed by atoms with van der Waals surface area (Å²) in [5.41, 5.74) is 0.330. The second-order valence-corrected chi connectivity index (χ2v) is 6.71. The van der Waals surface area contributed by atoms with Crippen molar-refractivity contribution in [1.82, 2.24) is 0 Å². The normalized spacial score (nSPS) is 30.9. The van der Waals surface area contributed by atoms with Crippen molar-refractivity contribution < 1.29 is 9.53 Å². The fraction of sp³-hybridized carbons (Fsp3) is 0.562. The molecule has 0 unspecified atom stereocenters. The van der Waals surface area contributed by atoms with E-state index >= 15 is 0 Å². The smallest absolute Gasteiger partial charge is 0.313 e. The van der Waals surface area contributed by atoms with Crippen LogP contribution in [0.3, 0.4) is 0 Å². The lowest BCUT2D eigenvalue weighted by atomic mass is 9.89. The van der Waals surface area contributed by atoms with Gasteiger partial charge in [0.2, 0.25) is 0 Å². The van der Waals surface area contributed by atoms with Crippen LogP contribution < -0.4 is 0 Å². The molecule has 18 heavy (non-hydrogen) atoms. The van der Waals surface area contributed by atoms with Gasteiger partial charge < -0.3 is 4.74 Å². The molecule has 1 fully saturated rings. The Bertz CT molecular complexity index is 458. The molecule has 0 N–H and O–H groups in total. The summed E-state index contributed by atoms with van der Waals surface area (Å²) in [6.45, 7) is 9.89. The average molecular weight is 246 g/mol. The van der Waals surface area contributed by atoms with Gasteiger partial charge >= 0.3 is 5.97 Å². The zero-order valence-corrected chi connectivity index (χ0v) is 11.9. The second kappa shape index (κ2) is 3.84. The molecule has 1 aromatic carbocycles. The highest BCUT2D eigenvalue weighted by molar-refractivity contribution is 5.84. The van der Waals surface area contributed by atoms with Crippen LogP contribution in [0.15, 0.2) is 30.3 Å². The Balaban J connectivity index is 2.20. The monoisotopic (exact) mass is 246 g/mol. The summed E-state index contributed by atoms with van der Waals surface area (Å²) in [4.78, 5) is 12.3. The van der Waals surface area contributed by atoms with Crippen molar-refractivity contribution in [2.75, 3.05) is 0 Å². The molecule has 0 amide bonds. The van der Waals surface area contributed by atoms with Crippen LogP contribution >= 0.6 is 0 Å². The van der Waals surface area contributed by atoms with Crippen molar-refractivity contribution >= 4 is 5.97 Å². The van der Waals surface area contributed by atoms with E-state index in [2.05, 4.69) is 19.1 Å². The molecule has 1 aromatic rings. The second-order valence-electron chi connectivity index (χ2n) is 6.71. The van der Waals surface area contributed by atoms with Crippen LogP contribution in [-0.2, 0) is 14.9 Å². The van der Waals surface area contributed by atoms with Crippen molar-refractivity contribution in [2.45, 2.75) is 52.1 Å². The summed E-state index contributed by atoms with van der Waals surface area (Å²) >= 11 is 0. The van der Waals surface area contributed by atoms with E-state index in [-0.39, 0.29) is 16.8 Å². The van der Waals surface area contributed by atoms with Gasteiger partial charge in [0.25, 0.3) is 0 Å². The zero-order chi connectivity index (χ0) is 13.6. The molecule has 2 rings (SSSR count). The molecule has 0 aromatic heterocycles. The topological polar surface area (TPSA) is 26.3 Å². The van der Waals surface area contributed by atoms with E-state index < -0.39 is 5.60 Å². The van der Waals surface area contributed by atoms with Crippen LogP contribution in [-0.4, -0.2) is 11.6 Å². The molecule has 1 aliphatic carbocycles. The zero-order valence-electron chi connectivity index (χ0n) is 11.9. The molecule has 2 heteroatoms. The van der Waals surface area contributed by atoms with Crippen LogP contribution in [0.5, 0.6) is 0 Å². The summed E-state index contributed by atoms with van der Waals surface area (Å²) in [5, 5.41) is 0. The minimum atomic E-state index is -0.416. The molecule has 2 atom stereocenters. The molecule has 0 heterocycles. The first-order chi connectivity index (χ1) is 8.19. The van der Waals surface area contributed by atoms with Crippen LogP contribution in [0.2, 0.25) is 0 Å². The van der Waals surface area contributed by atoms with Crippen LogP contribution in [0.4, 0.5) is 0 Å². The van der Waals surface area contributed by atoms with Crippen molar-refractivity contribution in [3.8, 4) is 0 Å². The predicted octanol–water partition coefficient (Wildman–Crippen LogP) is 3.70. The summed E-state index contributed by atoms with van der Waals surface area (Å²) < 4.78 is 5.54. The van der Waals surface area contributed by atoms with Gasteiger partial charge in [0.05, 0.1) is 5.41 Å². The number of carbonyl (C=O) groups excluding carboxylic acids is 1. The number of esters is 1. The van der Waals surface area contributed by atoms with E-state index in [9.17, 15) is 4.79 Å². The molecule has 98 valence electrons. The molecule has 1 aliphatic rings. The Hall–Kier alpha value is -1.31. The first-order valence-corrected chi connectivity index (χ1v) is 6.48. The summed E-state index contributed by atoms with van der Waals surface area (Å²) in [6.07, 6.45) is 0.860. The lowest BCUT2D eigenvalue weighted by Gasteiger charge is -2.25. The third kappa shape index (κ3) is 2.05. The molecule has 0 radical (unpaired) electrons. The lowest BCUT2D eigenvalue weighted by molar-refractivity contribution is -0.161. The van der Waals surface area contributed by atoms with Crippen molar-refractivity contribution in [2.24, 2.45) is 5.41 Å². The fourth-order valence-electron chi connectivity index (χ4n) is 2.58. The van der Waals surface area contributed by atoms with Gasteiger partial charge in [0.1, 0.15) is 5.60 Å². The van der Waals surface area contributed by atoms with Gasteiger partial charge in [-0.3, -0.25) is 4.79 Å². The molecule has 0 aliphatic heterocycles. The molecular weight excluding hydrogens is 224 g/mol. The highest BCUT2D eigenvalue weighted by atomic mass is 16.6. The minimum absolute atomic E-state index is 0.0821. The van der Waals surface area contributed by atoms with Gasteiger partial charge in [-0.15, -0.1) is 0 Å². The van der Waals surface area contributed by atoms with E-state index in [1.165, 1.54) is 5.56 Å². The summed E-state index contributed by atoms with van der Waals surface area (Å²) in [7, 11) is 0. The van der Waals surface area contributed by atoms with Crippen molar-refractivity contribution in [3.05, 3.63) is 35.9 Å². The molecule has 2 nitrogen and oxygen atoms in total. The SMILES string of the molecule is CC(C)(C)OC(=O)[C@]1(C)C[C@@]1(C)c1ccccc1. The number of hydrogen-bond acceptors (Lipinski definition) is 2. The van der Waals surface area contributed by atoms with E-state index in [4.69, 9.17) is 4.74 Å². The van der Waals surface area contributed by atoms with Gasteiger partial charge in [0.15, 0.2) is 0 Å². The van der Waals surface area contributed by atoms with Gasteiger partial charge in [0, 0.05) is 5.41 Å². The first kappa shape index (κ1) is 13.1. The van der Waals surface area contributed by atoms with E-state index in [1.807, 2.05) is 45.9 Å². The molecule has 0 bridgehead atoms. The van der Waals surface area contributed by atoms with Crippen molar-refractivity contribution in [3.63, 3.8) is 0 Å². The third-order valence-corrected chi connectivity index (χ3v) is 4.06. The molecule has 0 saturated heterocycles. The minimum Gasteiger partial charge on any atom is -0.460 e. The maximum Gasteiger partial charge on any atom is 0.313 e. The van der Waals surface area contributed by atoms with E-state index in [1.54, 1.807) is 0 Å². The highest BCUT2D eigenvalue weighted by Crippen LogP contribution is 2.65. The molecular formula is C16H22O2. The molecule has 1 saturated carbocycles. The lowest BCUT2D eigenvalue weighted by Crippen LogP contribution is -2.31. The van der Waals surface area contributed by atoms with Crippen molar-refractivity contribution in [1.29, 1.82) is 0 Å². The van der Waals surface area contributed by atoms with Crippen LogP contribution in [0, 0.1) is 5.41 Å². The Kier molecular flexibility index (Phi) is 2.80. The Morgan fingerprint density at radius 3 is 2.22 bits per heavy atom. The number of carbonyl (C=O) groups is 1. The van der Waals surface area contributed by atoms with Crippen LogP contribution in [0.1, 0.15) is 46.6 Å². The maximum absolute atomic E-state index is 12.3. The highest BCUT2D eigenvalue weighted by Gasteiger charge is 2.67. The standard InChI is InChI=1S/C16H22O2/c1-14(2,3)18-13(17)16(5)11-15(16,4)12-9-7-6-8-10-12/h6-10H,11H2,1-5H3/t15-,16-/m0/s1. The summed E-state index contributed by atoms with van der Waals surface area (Å²) in [5.74, 6) is -0.0821. The van der Waals surface area contributed by atoms with Gasteiger partial charge in [-0.2, -0.15) is 0 Å². The number of benzene rings is 1. The van der Waals surface area contributed by atoms with Gasteiger partial charge in [-0.05, 0) is 39.7 Å². The van der Waals surface area contributed by atoms with Gasteiger partial charge in [-0.1, -0.05) is 37.3 Å². The maximum atomic E-state index is 12.3. The Labute approximate surface area is 109 Å².